The summed E-state index contributed by atoms with van der Waals surface area (Å²) in [6, 6.07) is 18.4. The number of para-hydroxylation sites is 1. The Morgan fingerprint density at radius 3 is 2.65 bits per heavy atom. The van der Waals surface area contributed by atoms with Gasteiger partial charge in [0, 0.05) is 24.4 Å². The van der Waals surface area contributed by atoms with Crippen LogP contribution in [0.2, 0.25) is 0 Å². The Labute approximate surface area is 215 Å². The number of nitrogens with zero attached hydrogens (tertiary/aromatic N) is 2. The van der Waals surface area contributed by atoms with Gasteiger partial charge in [0.2, 0.25) is 5.91 Å². The molecular formula is C30H29N3O4. The summed E-state index contributed by atoms with van der Waals surface area (Å²) in [5.41, 5.74) is 3.42. The molecule has 7 heteroatoms. The van der Waals surface area contributed by atoms with Gasteiger partial charge in [-0.05, 0) is 73.7 Å². The molecule has 1 fully saturated rings. The zero-order chi connectivity index (χ0) is 25.8. The number of rotatable bonds is 7. The summed E-state index contributed by atoms with van der Waals surface area (Å²) in [7, 11) is 1.64. The monoisotopic (exact) mass is 495 g/mol. The van der Waals surface area contributed by atoms with Crippen LogP contribution in [0, 0.1) is 0 Å². The molecule has 1 amide bonds. The van der Waals surface area contributed by atoms with E-state index in [9.17, 15) is 9.59 Å². The van der Waals surface area contributed by atoms with Gasteiger partial charge >= 0.3 is 0 Å². The molecule has 1 N–H and O–H groups in total. The van der Waals surface area contributed by atoms with Gasteiger partial charge in [0.1, 0.15) is 5.65 Å². The molecule has 1 saturated carbocycles. The normalized spacial score (nSPS) is 13.8. The quantitative estimate of drug-likeness (QED) is 0.349. The highest BCUT2D eigenvalue weighted by Gasteiger charge is 2.20. The molecule has 0 aliphatic heterocycles. The van der Waals surface area contributed by atoms with Crippen molar-refractivity contribution in [3.8, 4) is 22.6 Å². The van der Waals surface area contributed by atoms with Crippen molar-refractivity contribution in [3.05, 3.63) is 88.5 Å². The van der Waals surface area contributed by atoms with Gasteiger partial charge in [0.25, 0.3) is 5.56 Å². The Morgan fingerprint density at radius 1 is 1.05 bits per heavy atom. The molecule has 0 spiro atoms. The first-order valence-corrected chi connectivity index (χ1v) is 12.4. The average Bonchev–Trinajstić information content (AvgIpc) is 3.41. The van der Waals surface area contributed by atoms with E-state index in [1.54, 1.807) is 37.6 Å². The second-order valence-electron chi connectivity index (χ2n) is 9.10. The highest BCUT2D eigenvalue weighted by molar-refractivity contribution is 5.90. The van der Waals surface area contributed by atoms with E-state index in [0.717, 1.165) is 31.2 Å². The minimum Gasteiger partial charge on any atom is -0.493 e. The molecule has 5 rings (SSSR count). The fourth-order valence-corrected chi connectivity index (χ4v) is 4.75. The molecule has 1 aliphatic carbocycles. The van der Waals surface area contributed by atoms with Crippen LogP contribution >= 0.6 is 0 Å². The fraction of sp³-hybridized carbons (Fsp3) is 0.233. The number of carbonyl (C=O) groups excluding carboxylic acids is 1. The van der Waals surface area contributed by atoms with Crippen molar-refractivity contribution in [2.45, 2.75) is 38.7 Å². The number of aromatic nitrogens is 2. The maximum absolute atomic E-state index is 13.6. The second kappa shape index (κ2) is 10.7. The van der Waals surface area contributed by atoms with Crippen LogP contribution in [0.3, 0.4) is 0 Å². The van der Waals surface area contributed by atoms with Gasteiger partial charge in [-0.1, -0.05) is 30.3 Å². The van der Waals surface area contributed by atoms with Crippen molar-refractivity contribution >= 4 is 29.4 Å². The molecule has 0 unspecified atom stereocenters. The van der Waals surface area contributed by atoms with Crippen LogP contribution < -0.4 is 20.3 Å². The van der Waals surface area contributed by atoms with Crippen molar-refractivity contribution in [2.24, 2.45) is 0 Å². The second-order valence-corrected chi connectivity index (χ2v) is 9.10. The van der Waals surface area contributed by atoms with Crippen LogP contribution in [-0.4, -0.2) is 28.5 Å². The minimum atomic E-state index is -0.196. The molecule has 0 radical (unpaired) electrons. The molecule has 2 aromatic carbocycles. The summed E-state index contributed by atoms with van der Waals surface area (Å²) in [6.07, 6.45) is 10.00. The summed E-state index contributed by atoms with van der Waals surface area (Å²) in [6.45, 7) is 1.45. The molecular weight excluding hydrogens is 466 g/mol. The van der Waals surface area contributed by atoms with Crippen molar-refractivity contribution in [1.29, 1.82) is 0 Å². The van der Waals surface area contributed by atoms with Crippen LogP contribution in [0.4, 0.5) is 5.69 Å². The van der Waals surface area contributed by atoms with Crippen molar-refractivity contribution in [1.82, 2.24) is 9.38 Å². The Balaban J connectivity index is 1.63. The fourth-order valence-electron chi connectivity index (χ4n) is 4.75. The molecule has 7 nitrogen and oxygen atoms in total. The lowest BCUT2D eigenvalue weighted by molar-refractivity contribution is -0.114. The van der Waals surface area contributed by atoms with Gasteiger partial charge in [0.15, 0.2) is 11.5 Å². The molecule has 2 aromatic heterocycles. The highest BCUT2D eigenvalue weighted by atomic mass is 16.5. The molecule has 1 aliphatic rings. The van der Waals surface area contributed by atoms with Crippen LogP contribution in [0.25, 0.3) is 28.9 Å². The van der Waals surface area contributed by atoms with E-state index < -0.39 is 0 Å². The number of fused-ring (bicyclic) bond motifs is 1. The van der Waals surface area contributed by atoms with Crippen LogP contribution in [-0.2, 0) is 4.79 Å². The van der Waals surface area contributed by atoms with E-state index >= 15 is 0 Å². The number of carbonyl (C=O) groups is 1. The Kier molecular flexibility index (Phi) is 7.03. The largest absolute Gasteiger partial charge is 0.493 e. The Hall–Kier alpha value is -4.39. The minimum absolute atomic E-state index is 0.166. The molecule has 37 heavy (non-hydrogen) atoms. The van der Waals surface area contributed by atoms with Gasteiger partial charge in [-0.2, -0.15) is 0 Å². The summed E-state index contributed by atoms with van der Waals surface area (Å²) in [5, 5.41) is 2.79. The maximum atomic E-state index is 13.6. The lowest BCUT2D eigenvalue weighted by Crippen LogP contribution is -2.18. The summed E-state index contributed by atoms with van der Waals surface area (Å²) in [4.78, 5) is 30.1. The number of hydrogen-bond acceptors (Lipinski definition) is 5. The average molecular weight is 496 g/mol. The number of pyridine rings is 1. The van der Waals surface area contributed by atoms with E-state index in [0.29, 0.717) is 39.7 Å². The summed E-state index contributed by atoms with van der Waals surface area (Å²) >= 11 is 0. The van der Waals surface area contributed by atoms with E-state index in [2.05, 4.69) is 5.32 Å². The van der Waals surface area contributed by atoms with Gasteiger partial charge < -0.3 is 14.8 Å². The lowest BCUT2D eigenvalue weighted by Gasteiger charge is -2.18. The lowest BCUT2D eigenvalue weighted by atomic mass is 10.0. The molecule has 4 aromatic rings. The predicted molar refractivity (Wildman–Crippen MR) is 146 cm³/mol. The van der Waals surface area contributed by atoms with Crippen molar-refractivity contribution in [3.63, 3.8) is 0 Å². The standard InChI is InChI=1S/C30H29N3O4/c1-20(34)31-23-11-7-10-22(19-23)28-25(32-27-15-5-6-18-33(27)30(28)35)17-16-21-9-8-14-26(36-2)29(21)37-24-12-3-4-13-24/h5-11,14-19,24H,3-4,12-13H2,1-2H3,(H,31,34). The molecule has 0 bridgehead atoms. The Morgan fingerprint density at radius 2 is 1.86 bits per heavy atom. The molecule has 0 saturated heterocycles. The van der Waals surface area contributed by atoms with Gasteiger partial charge in [0.05, 0.1) is 24.5 Å². The van der Waals surface area contributed by atoms with E-state index in [-0.39, 0.29) is 17.6 Å². The number of amides is 1. The first-order chi connectivity index (χ1) is 18.0. The third-order valence-electron chi connectivity index (χ3n) is 6.47. The highest BCUT2D eigenvalue weighted by Crippen LogP contribution is 2.36. The van der Waals surface area contributed by atoms with Gasteiger partial charge in [-0.3, -0.25) is 14.0 Å². The third kappa shape index (κ3) is 5.26. The number of hydrogen-bond donors (Lipinski definition) is 1. The zero-order valence-electron chi connectivity index (χ0n) is 20.9. The molecule has 2 heterocycles. The zero-order valence-corrected chi connectivity index (χ0v) is 20.9. The first-order valence-electron chi connectivity index (χ1n) is 12.4. The number of ether oxygens (including phenoxy) is 2. The van der Waals surface area contributed by atoms with Gasteiger partial charge in [-0.25, -0.2) is 4.98 Å². The van der Waals surface area contributed by atoms with Crippen molar-refractivity contribution in [2.75, 3.05) is 12.4 Å². The number of anilines is 1. The SMILES string of the molecule is COc1cccc(C=Cc2nc3ccccn3c(=O)c2-c2cccc(NC(C)=O)c2)c1OC1CCCC1. The molecule has 0 atom stereocenters. The maximum Gasteiger partial charge on any atom is 0.266 e. The molecule has 188 valence electrons. The predicted octanol–water partition coefficient (Wildman–Crippen LogP) is 5.82. The summed E-state index contributed by atoms with van der Waals surface area (Å²) in [5.74, 6) is 1.18. The topological polar surface area (TPSA) is 81.9 Å². The summed E-state index contributed by atoms with van der Waals surface area (Å²) < 4.78 is 13.5. The number of methoxy groups -OCH3 is 1. The van der Waals surface area contributed by atoms with Crippen molar-refractivity contribution < 1.29 is 14.3 Å². The van der Waals surface area contributed by atoms with E-state index in [4.69, 9.17) is 14.5 Å². The Bertz CT molecular complexity index is 1530. The third-order valence-corrected chi connectivity index (χ3v) is 6.47. The number of nitrogens with one attached hydrogen (secondary N) is 1. The van der Waals surface area contributed by atoms with Crippen LogP contribution in [0.15, 0.2) is 71.7 Å². The van der Waals surface area contributed by atoms with Crippen LogP contribution in [0.5, 0.6) is 11.5 Å². The van der Waals surface area contributed by atoms with E-state index in [1.807, 2.05) is 48.6 Å². The van der Waals surface area contributed by atoms with Gasteiger partial charge in [-0.15, -0.1) is 0 Å². The smallest absolute Gasteiger partial charge is 0.266 e. The van der Waals surface area contributed by atoms with E-state index in [1.165, 1.54) is 11.3 Å². The number of benzene rings is 2. The van der Waals surface area contributed by atoms with Crippen LogP contribution in [0.1, 0.15) is 43.9 Å². The first kappa shape index (κ1) is 24.3.